The highest BCUT2D eigenvalue weighted by atomic mass is 32.1. The van der Waals surface area contributed by atoms with E-state index in [0.717, 1.165) is 4.90 Å². The summed E-state index contributed by atoms with van der Waals surface area (Å²) in [5.41, 5.74) is 5.27. The number of primary amides is 1. The summed E-state index contributed by atoms with van der Waals surface area (Å²) in [6, 6.07) is 11.9. The van der Waals surface area contributed by atoms with Crippen LogP contribution in [0.25, 0.3) is 6.08 Å². The van der Waals surface area contributed by atoms with Crippen molar-refractivity contribution in [2.45, 2.75) is 0 Å². The van der Waals surface area contributed by atoms with Gasteiger partial charge in [-0.15, -0.1) is 0 Å². The number of ether oxygens (including phenoxy) is 1. The van der Waals surface area contributed by atoms with Crippen molar-refractivity contribution in [3.05, 3.63) is 65.5 Å². The number of benzene rings is 2. The van der Waals surface area contributed by atoms with Gasteiger partial charge in [0.1, 0.15) is 17.1 Å². The van der Waals surface area contributed by atoms with E-state index in [0.29, 0.717) is 11.3 Å². The molecule has 0 saturated carbocycles. The van der Waals surface area contributed by atoms with Gasteiger partial charge >= 0.3 is 0 Å². The van der Waals surface area contributed by atoms with Gasteiger partial charge in [-0.1, -0.05) is 24.3 Å². The molecule has 1 aliphatic heterocycles. The molecule has 0 aromatic heterocycles. The lowest BCUT2D eigenvalue weighted by molar-refractivity contribution is -0.122. The van der Waals surface area contributed by atoms with E-state index in [1.807, 2.05) is 0 Å². The molecular formula is C19H14FN3O4S. The second-order valence-corrected chi connectivity index (χ2v) is 6.12. The number of hydrogen-bond acceptors (Lipinski definition) is 5. The number of carbonyl (C=O) groups is 3. The normalized spacial score (nSPS) is 15.5. The summed E-state index contributed by atoms with van der Waals surface area (Å²) in [5, 5.41) is 2.19. The summed E-state index contributed by atoms with van der Waals surface area (Å²) < 4.78 is 19.3. The minimum absolute atomic E-state index is 0.0569. The first-order chi connectivity index (χ1) is 13.4. The van der Waals surface area contributed by atoms with Crippen molar-refractivity contribution in [2.24, 2.45) is 5.73 Å². The maximum absolute atomic E-state index is 14.1. The number of halogens is 1. The fourth-order valence-corrected chi connectivity index (χ4v) is 2.76. The van der Waals surface area contributed by atoms with E-state index in [-0.39, 0.29) is 23.0 Å². The molecule has 7 nitrogen and oxygen atoms in total. The highest BCUT2D eigenvalue weighted by molar-refractivity contribution is 7.80. The van der Waals surface area contributed by atoms with Crippen molar-refractivity contribution in [3.8, 4) is 5.75 Å². The predicted molar refractivity (Wildman–Crippen MR) is 104 cm³/mol. The van der Waals surface area contributed by atoms with Crippen LogP contribution >= 0.6 is 12.2 Å². The summed E-state index contributed by atoms with van der Waals surface area (Å²) in [5.74, 6) is -2.29. The Labute approximate surface area is 164 Å². The Morgan fingerprint density at radius 1 is 1.18 bits per heavy atom. The third-order valence-corrected chi connectivity index (χ3v) is 4.05. The Balaban J connectivity index is 1.89. The minimum atomic E-state index is -0.743. The van der Waals surface area contributed by atoms with Gasteiger partial charge in [0.25, 0.3) is 17.7 Å². The predicted octanol–water partition coefficient (Wildman–Crippen LogP) is 1.52. The highest BCUT2D eigenvalue weighted by Crippen LogP contribution is 2.25. The van der Waals surface area contributed by atoms with Crippen LogP contribution in [-0.4, -0.2) is 29.4 Å². The number of hydrogen-bond donors (Lipinski definition) is 2. The lowest BCUT2D eigenvalue weighted by Crippen LogP contribution is -2.54. The molecule has 1 aliphatic rings. The molecule has 0 bridgehead atoms. The Morgan fingerprint density at radius 3 is 2.50 bits per heavy atom. The molecule has 1 saturated heterocycles. The van der Waals surface area contributed by atoms with Crippen LogP contribution in [0.4, 0.5) is 10.1 Å². The van der Waals surface area contributed by atoms with E-state index in [1.54, 1.807) is 30.3 Å². The summed E-state index contributed by atoms with van der Waals surface area (Å²) >= 11 is 5.03. The van der Waals surface area contributed by atoms with Crippen LogP contribution in [0, 0.1) is 5.82 Å². The van der Waals surface area contributed by atoms with Crippen molar-refractivity contribution in [1.29, 1.82) is 0 Å². The first kappa shape index (κ1) is 19.2. The van der Waals surface area contributed by atoms with Crippen LogP contribution in [0.15, 0.2) is 54.1 Å². The average molecular weight is 399 g/mol. The molecule has 28 heavy (non-hydrogen) atoms. The molecule has 142 valence electrons. The number of rotatable bonds is 5. The van der Waals surface area contributed by atoms with Crippen LogP contribution < -0.4 is 20.7 Å². The van der Waals surface area contributed by atoms with Gasteiger partial charge in [0.05, 0.1) is 5.69 Å². The van der Waals surface area contributed by atoms with Gasteiger partial charge in [0.15, 0.2) is 11.7 Å². The molecule has 3 rings (SSSR count). The van der Waals surface area contributed by atoms with Gasteiger partial charge < -0.3 is 10.5 Å². The number of anilines is 1. The molecule has 2 aromatic carbocycles. The number of nitrogens with zero attached hydrogens (tertiary/aromatic N) is 1. The van der Waals surface area contributed by atoms with Gasteiger partial charge in [0, 0.05) is 0 Å². The van der Waals surface area contributed by atoms with Crippen LogP contribution in [0.2, 0.25) is 0 Å². The summed E-state index contributed by atoms with van der Waals surface area (Å²) in [4.78, 5) is 36.7. The topological polar surface area (TPSA) is 102 Å². The molecule has 3 amide bonds. The van der Waals surface area contributed by atoms with Crippen molar-refractivity contribution in [3.63, 3.8) is 0 Å². The minimum Gasteiger partial charge on any atom is -0.484 e. The summed E-state index contributed by atoms with van der Waals surface area (Å²) in [6.07, 6.45) is 1.35. The monoisotopic (exact) mass is 399 g/mol. The Kier molecular flexibility index (Phi) is 5.46. The van der Waals surface area contributed by atoms with Crippen LogP contribution in [-0.2, 0) is 14.4 Å². The van der Waals surface area contributed by atoms with Gasteiger partial charge in [0.2, 0.25) is 0 Å². The SMILES string of the molecule is NC(=O)COc1ccc(C=C2C(=O)NC(=S)N(c3ccccc3F)C2=O)cc1. The summed E-state index contributed by atoms with van der Waals surface area (Å²) in [6.45, 7) is -0.267. The molecule has 1 fully saturated rings. The Bertz CT molecular complexity index is 1000. The smallest absolute Gasteiger partial charge is 0.270 e. The van der Waals surface area contributed by atoms with E-state index < -0.39 is 23.5 Å². The molecule has 0 spiro atoms. The second kappa shape index (κ2) is 7.97. The van der Waals surface area contributed by atoms with Crippen molar-refractivity contribution in [2.75, 3.05) is 11.5 Å². The molecule has 1 heterocycles. The highest BCUT2D eigenvalue weighted by Gasteiger charge is 2.35. The lowest BCUT2D eigenvalue weighted by atomic mass is 10.1. The molecule has 0 radical (unpaired) electrons. The zero-order valence-electron chi connectivity index (χ0n) is 14.3. The number of nitrogens with one attached hydrogen (secondary N) is 1. The fraction of sp³-hybridized carbons (Fsp3) is 0.0526. The molecule has 0 unspecified atom stereocenters. The standard InChI is InChI=1S/C19H14FN3O4S/c20-14-3-1-2-4-15(14)23-18(26)13(17(25)22-19(23)28)9-11-5-7-12(8-6-11)27-10-16(21)24/h1-9H,10H2,(H2,21,24)(H,22,25,28). The maximum atomic E-state index is 14.1. The first-order valence-electron chi connectivity index (χ1n) is 8.04. The molecule has 2 aromatic rings. The lowest BCUT2D eigenvalue weighted by Gasteiger charge is -2.29. The van der Waals surface area contributed by atoms with Gasteiger partial charge in [-0.25, -0.2) is 9.29 Å². The fourth-order valence-electron chi connectivity index (χ4n) is 2.49. The molecular weight excluding hydrogens is 385 g/mol. The van der Waals surface area contributed by atoms with Crippen LogP contribution in [0.1, 0.15) is 5.56 Å². The number of carbonyl (C=O) groups excluding carboxylic acids is 3. The van der Waals surface area contributed by atoms with E-state index in [9.17, 15) is 18.8 Å². The quantitative estimate of drug-likeness (QED) is 0.451. The Hall–Kier alpha value is -3.59. The first-order valence-corrected chi connectivity index (χ1v) is 8.45. The Morgan fingerprint density at radius 2 is 1.86 bits per heavy atom. The maximum Gasteiger partial charge on any atom is 0.270 e. The number of nitrogens with two attached hydrogens (primary N) is 1. The third kappa shape index (κ3) is 4.04. The number of amides is 3. The molecule has 3 N–H and O–H groups in total. The molecule has 0 aliphatic carbocycles. The molecule has 9 heteroatoms. The number of para-hydroxylation sites is 1. The largest absolute Gasteiger partial charge is 0.484 e. The average Bonchev–Trinajstić information content (AvgIpc) is 2.65. The zero-order chi connectivity index (χ0) is 20.3. The van der Waals surface area contributed by atoms with Crippen molar-refractivity contribution < 1.29 is 23.5 Å². The van der Waals surface area contributed by atoms with Crippen molar-refractivity contribution >= 4 is 46.8 Å². The second-order valence-electron chi connectivity index (χ2n) is 5.73. The van der Waals surface area contributed by atoms with Gasteiger partial charge in [-0.05, 0) is 48.1 Å². The van der Waals surface area contributed by atoms with Crippen LogP contribution in [0.3, 0.4) is 0 Å². The van der Waals surface area contributed by atoms with Crippen LogP contribution in [0.5, 0.6) is 5.75 Å². The van der Waals surface area contributed by atoms with Gasteiger partial charge in [-0.2, -0.15) is 0 Å². The van der Waals surface area contributed by atoms with E-state index >= 15 is 0 Å². The zero-order valence-corrected chi connectivity index (χ0v) is 15.2. The van der Waals surface area contributed by atoms with Gasteiger partial charge in [-0.3, -0.25) is 19.7 Å². The third-order valence-electron chi connectivity index (χ3n) is 3.77. The summed E-state index contributed by atoms with van der Waals surface area (Å²) in [7, 11) is 0. The number of thiocarbonyl (C=S) groups is 1. The molecule has 0 atom stereocenters. The van der Waals surface area contributed by atoms with E-state index in [4.69, 9.17) is 22.7 Å². The van der Waals surface area contributed by atoms with Crippen molar-refractivity contribution in [1.82, 2.24) is 5.32 Å². The van der Waals surface area contributed by atoms with E-state index in [1.165, 1.54) is 24.3 Å². The van der Waals surface area contributed by atoms with E-state index in [2.05, 4.69) is 5.32 Å².